The van der Waals surface area contributed by atoms with Crippen molar-refractivity contribution >= 4 is 12.0 Å². The third-order valence-corrected chi connectivity index (χ3v) is 2.63. The molecule has 0 fully saturated rings. The monoisotopic (exact) mass is 265 g/mol. The summed E-state index contributed by atoms with van der Waals surface area (Å²) < 4.78 is 0. The van der Waals surface area contributed by atoms with E-state index in [0.717, 1.165) is 17.7 Å². The number of hydrogen-bond donors (Lipinski definition) is 3. The molecular weight excluding hydrogens is 246 g/mol. The van der Waals surface area contributed by atoms with Crippen molar-refractivity contribution in [1.29, 1.82) is 0 Å². The maximum absolute atomic E-state index is 11.5. The lowest BCUT2D eigenvalue weighted by Crippen LogP contribution is -2.36. The molecule has 3 N–H and O–H groups in total. The van der Waals surface area contributed by atoms with Gasteiger partial charge in [-0.25, -0.2) is 4.79 Å². The molecule has 6 heteroatoms. The summed E-state index contributed by atoms with van der Waals surface area (Å²) >= 11 is 0. The van der Waals surface area contributed by atoms with Gasteiger partial charge in [0.15, 0.2) is 0 Å². The van der Waals surface area contributed by atoms with Crippen LogP contribution in [0.5, 0.6) is 0 Å². The maximum atomic E-state index is 11.5. The summed E-state index contributed by atoms with van der Waals surface area (Å²) in [6.07, 6.45) is 3.04. The zero-order chi connectivity index (χ0) is 14.1. The highest BCUT2D eigenvalue weighted by atomic mass is 16.4. The fourth-order valence-corrected chi connectivity index (χ4v) is 1.62. The van der Waals surface area contributed by atoms with Gasteiger partial charge in [-0.05, 0) is 24.5 Å². The van der Waals surface area contributed by atoms with E-state index in [1.54, 1.807) is 6.20 Å². The van der Waals surface area contributed by atoms with E-state index in [9.17, 15) is 9.59 Å². The average Bonchev–Trinajstić information content (AvgIpc) is 2.41. The number of carbonyl (C=O) groups is 2. The normalized spacial score (nSPS) is 9.95. The molecule has 0 aliphatic rings. The summed E-state index contributed by atoms with van der Waals surface area (Å²) in [4.78, 5) is 26.0. The Labute approximate surface area is 112 Å². The van der Waals surface area contributed by atoms with Crippen molar-refractivity contribution < 1.29 is 14.7 Å². The van der Waals surface area contributed by atoms with E-state index in [0.29, 0.717) is 19.5 Å². The number of aryl methyl sites for hydroxylation is 1. The number of urea groups is 1. The zero-order valence-electron chi connectivity index (χ0n) is 11.0. The van der Waals surface area contributed by atoms with Gasteiger partial charge in [-0.1, -0.05) is 13.0 Å². The van der Waals surface area contributed by atoms with Gasteiger partial charge in [0.25, 0.3) is 0 Å². The molecule has 0 aliphatic carbocycles. The third-order valence-electron chi connectivity index (χ3n) is 2.63. The van der Waals surface area contributed by atoms with Crippen LogP contribution >= 0.6 is 0 Å². The molecule has 104 valence electrons. The van der Waals surface area contributed by atoms with Gasteiger partial charge in [0.2, 0.25) is 0 Å². The molecule has 0 bridgehead atoms. The Hall–Kier alpha value is -2.11. The summed E-state index contributed by atoms with van der Waals surface area (Å²) in [5.41, 5.74) is 1.96. The van der Waals surface area contributed by atoms with E-state index in [1.165, 1.54) is 0 Å². The van der Waals surface area contributed by atoms with Crippen LogP contribution in [0.3, 0.4) is 0 Å². The summed E-state index contributed by atoms with van der Waals surface area (Å²) in [5, 5.41) is 13.8. The number of nitrogens with one attached hydrogen (secondary N) is 2. The van der Waals surface area contributed by atoms with Gasteiger partial charge in [-0.15, -0.1) is 0 Å². The highest BCUT2D eigenvalue weighted by Crippen LogP contribution is 2.05. The van der Waals surface area contributed by atoms with E-state index in [2.05, 4.69) is 15.6 Å². The van der Waals surface area contributed by atoms with Crippen molar-refractivity contribution in [3.63, 3.8) is 0 Å². The van der Waals surface area contributed by atoms with Gasteiger partial charge in [-0.3, -0.25) is 9.78 Å². The molecule has 6 nitrogen and oxygen atoms in total. The molecule has 19 heavy (non-hydrogen) atoms. The molecule has 0 atom stereocenters. The Kier molecular flexibility index (Phi) is 6.35. The number of hydrogen-bond acceptors (Lipinski definition) is 3. The molecule has 0 aliphatic heterocycles. The van der Waals surface area contributed by atoms with Gasteiger partial charge in [0.05, 0.1) is 12.2 Å². The fourth-order valence-electron chi connectivity index (χ4n) is 1.62. The molecule has 0 unspecified atom stereocenters. The van der Waals surface area contributed by atoms with Crippen LogP contribution in [-0.4, -0.2) is 28.6 Å². The number of nitrogens with zero attached hydrogens (tertiary/aromatic N) is 1. The van der Waals surface area contributed by atoms with Crippen LogP contribution in [0.1, 0.15) is 31.0 Å². The average molecular weight is 265 g/mol. The second kappa shape index (κ2) is 8.07. The minimum Gasteiger partial charge on any atom is -0.481 e. The van der Waals surface area contributed by atoms with Crippen molar-refractivity contribution in [1.82, 2.24) is 15.6 Å². The first kappa shape index (κ1) is 14.9. The SMILES string of the molecule is CCc1cccnc1CNC(=O)NCCCC(=O)O. The van der Waals surface area contributed by atoms with Crippen LogP contribution in [-0.2, 0) is 17.8 Å². The third kappa shape index (κ3) is 5.85. The number of pyridine rings is 1. The molecule has 2 amide bonds. The van der Waals surface area contributed by atoms with Crippen LogP contribution in [0.25, 0.3) is 0 Å². The Morgan fingerprint density at radius 3 is 2.84 bits per heavy atom. The topological polar surface area (TPSA) is 91.3 Å². The molecule has 1 rings (SSSR count). The minimum atomic E-state index is -0.858. The Morgan fingerprint density at radius 2 is 2.16 bits per heavy atom. The first-order valence-corrected chi connectivity index (χ1v) is 6.29. The van der Waals surface area contributed by atoms with Crippen LogP contribution in [0.4, 0.5) is 4.79 Å². The highest BCUT2D eigenvalue weighted by Gasteiger charge is 2.04. The van der Waals surface area contributed by atoms with Crippen molar-refractivity contribution in [3.8, 4) is 0 Å². The molecule has 0 aromatic carbocycles. The van der Waals surface area contributed by atoms with Gasteiger partial charge in [0, 0.05) is 19.2 Å². The summed E-state index contributed by atoms with van der Waals surface area (Å²) in [5.74, 6) is -0.858. The smallest absolute Gasteiger partial charge is 0.315 e. The molecule has 1 heterocycles. The molecule has 0 saturated heterocycles. The van der Waals surface area contributed by atoms with Crippen LogP contribution in [0.15, 0.2) is 18.3 Å². The number of aromatic nitrogens is 1. The van der Waals surface area contributed by atoms with E-state index in [1.807, 2.05) is 19.1 Å². The second-order valence-corrected chi connectivity index (χ2v) is 4.07. The lowest BCUT2D eigenvalue weighted by atomic mass is 10.1. The quantitative estimate of drug-likeness (QED) is 0.648. The van der Waals surface area contributed by atoms with E-state index in [4.69, 9.17) is 5.11 Å². The molecule has 0 saturated carbocycles. The van der Waals surface area contributed by atoms with Gasteiger partial charge in [0.1, 0.15) is 0 Å². The number of aliphatic carboxylic acids is 1. The van der Waals surface area contributed by atoms with Gasteiger partial charge < -0.3 is 15.7 Å². The zero-order valence-corrected chi connectivity index (χ0v) is 11.0. The van der Waals surface area contributed by atoms with Gasteiger partial charge in [-0.2, -0.15) is 0 Å². The largest absolute Gasteiger partial charge is 0.481 e. The lowest BCUT2D eigenvalue weighted by molar-refractivity contribution is -0.137. The summed E-state index contributed by atoms with van der Waals surface area (Å²) in [6, 6.07) is 3.54. The Morgan fingerprint density at radius 1 is 1.37 bits per heavy atom. The van der Waals surface area contributed by atoms with Crippen molar-refractivity contribution in [2.75, 3.05) is 6.54 Å². The lowest BCUT2D eigenvalue weighted by Gasteiger charge is -2.09. The summed E-state index contributed by atoms with van der Waals surface area (Å²) in [7, 11) is 0. The van der Waals surface area contributed by atoms with E-state index >= 15 is 0 Å². The predicted octanol–water partition coefficient (Wildman–Crippen LogP) is 1.31. The fraction of sp³-hybridized carbons (Fsp3) is 0.462. The molecular formula is C13H19N3O3. The standard InChI is InChI=1S/C13H19N3O3/c1-2-10-5-3-7-14-11(10)9-16-13(19)15-8-4-6-12(17)18/h3,5,7H,2,4,6,8-9H2,1H3,(H,17,18)(H2,15,16,19). The predicted molar refractivity (Wildman–Crippen MR) is 70.7 cm³/mol. The van der Waals surface area contributed by atoms with Crippen LogP contribution in [0, 0.1) is 0 Å². The number of carboxylic acids is 1. The second-order valence-electron chi connectivity index (χ2n) is 4.07. The van der Waals surface area contributed by atoms with Crippen LogP contribution in [0.2, 0.25) is 0 Å². The summed E-state index contributed by atoms with van der Waals surface area (Å²) in [6.45, 7) is 2.75. The number of carboxylic acid groups (broad SMARTS) is 1. The van der Waals surface area contributed by atoms with Crippen molar-refractivity contribution in [2.24, 2.45) is 0 Å². The first-order valence-electron chi connectivity index (χ1n) is 6.29. The number of amides is 2. The van der Waals surface area contributed by atoms with Crippen molar-refractivity contribution in [3.05, 3.63) is 29.6 Å². The number of rotatable bonds is 7. The maximum Gasteiger partial charge on any atom is 0.315 e. The minimum absolute atomic E-state index is 0.0561. The van der Waals surface area contributed by atoms with Crippen molar-refractivity contribution in [2.45, 2.75) is 32.7 Å². The molecule has 0 radical (unpaired) electrons. The first-order chi connectivity index (χ1) is 9.13. The van der Waals surface area contributed by atoms with E-state index < -0.39 is 5.97 Å². The molecule has 1 aromatic rings. The van der Waals surface area contributed by atoms with Crippen LogP contribution < -0.4 is 10.6 Å². The molecule has 0 spiro atoms. The number of carbonyl (C=O) groups excluding carboxylic acids is 1. The Bertz CT molecular complexity index is 435. The molecule has 1 aromatic heterocycles. The van der Waals surface area contributed by atoms with Gasteiger partial charge >= 0.3 is 12.0 Å². The highest BCUT2D eigenvalue weighted by molar-refractivity contribution is 5.73. The Balaban J connectivity index is 2.28. The van der Waals surface area contributed by atoms with E-state index in [-0.39, 0.29) is 12.5 Å².